The van der Waals surface area contributed by atoms with Gasteiger partial charge >= 0.3 is 0 Å². The molecule has 0 bridgehead atoms. The number of primary sulfonamides is 2. The Morgan fingerprint density at radius 1 is 0.714 bits per heavy atom. The molecule has 4 aromatic heterocycles. The van der Waals surface area contributed by atoms with Crippen molar-refractivity contribution in [1.82, 2.24) is 29.9 Å². The molecular weight excluding hydrogens is 648 g/mol. The molecule has 0 aliphatic heterocycles. The molecule has 4 heterocycles. The first kappa shape index (κ1) is 29.4. The molecule has 216 valence electrons. The molecule has 20 heteroatoms. The predicted molar refractivity (Wildman–Crippen MR) is 160 cm³/mol. The molecule has 2 aromatic carbocycles. The zero-order chi connectivity index (χ0) is 30.1. The van der Waals surface area contributed by atoms with E-state index >= 15 is 0 Å². The maximum atomic E-state index is 11.6. The Morgan fingerprint density at radius 2 is 1.19 bits per heavy atom. The molecule has 6 rings (SSSR count). The van der Waals surface area contributed by atoms with Gasteiger partial charge in [0.1, 0.15) is 15.7 Å². The summed E-state index contributed by atoms with van der Waals surface area (Å²) >= 11 is 8.42. The van der Waals surface area contributed by atoms with Crippen LogP contribution < -0.4 is 26.5 Å². The second-order valence-corrected chi connectivity index (χ2v) is 13.6. The van der Waals surface area contributed by atoms with Crippen molar-refractivity contribution < 1.29 is 16.8 Å². The number of benzene rings is 2. The number of anilines is 4. The first-order valence-electron chi connectivity index (χ1n) is 11.3. The van der Waals surface area contributed by atoms with Gasteiger partial charge in [-0.05, 0) is 48.5 Å². The Morgan fingerprint density at radius 3 is 1.64 bits per heavy atom. The number of hydrogen-bond donors (Lipinski definition) is 5. The van der Waals surface area contributed by atoms with Gasteiger partial charge in [-0.2, -0.15) is 9.97 Å². The highest BCUT2D eigenvalue weighted by atomic mass is 35.5. The van der Waals surface area contributed by atoms with Crippen LogP contribution in [-0.2, 0) is 20.0 Å². The van der Waals surface area contributed by atoms with Crippen LogP contribution in [0, 0.1) is 0 Å². The Balaban J connectivity index is 0.000000168. The van der Waals surface area contributed by atoms with Crippen LogP contribution in [0.15, 0.2) is 75.8 Å². The topological polar surface area (TPSA) is 242 Å². The van der Waals surface area contributed by atoms with Crippen LogP contribution in [0.25, 0.3) is 20.7 Å². The molecule has 0 aliphatic carbocycles. The van der Waals surface area contributed by atoms with E-state index in [1.165, 1.54) is 48.3 Å². The molecule has 0 aliphatic rings. The van der Waals surface area contributed by atoms with Crippen LogP contribution in [0.3, 0.4) is 0 Å². The summed E-state index contributed by atoms with van der Waals surface area (Å²) in [6.07, 6.45) is 2.63. The van der Waals surface area contributed by atoms with Crippen molar-refractivity contribution in [3.05, 3.63) is 76.7 Å². The standard InChI is InChI=1S/C11H8ClN5O2S2.C11H9N5O3S2/c12-9-8-10(15-5-14-9)17-11(20-8)16-6-1-3-7(4-2-6)21(13,18)19;12-21(18,19)7-3-1-6(2-4-7)15-11-16-9-8(20-11)10(17)14-5-13-9/h1-5H,(H2,13,18,19)(H,14,15,16,17);1-5H,(H2,12,18,19)(H2,13,14,15,16,17). The lowest BCUT2D eigenvalue weighted by atomic mass is 10.3. The number of aromatic nitrogens is 6. The third-order valence-electron chi connectivity index (χ3n) is 5.21. The van der Waals surface area contributed by atoms with Crippen LogP contribution in [0.1, 0.15) is 0 Å². The third-order valence-corrected chi connectivity index (χ3v) is 9.40. The quantitative estimate of drug-likeness (QED) is 0.161. The van der Waals surface area contributed by atoms with E-state index in [1.807, 2.05) is 0 Å². The maximum Gasteiger partial charge on any atom is 0.270 e. The van der Waals surface area contributed by atoms with Gasteiger partial charge in [-0.3, -0.25) is 4.79 Å². The van der Waals surface area contributed by atoms with E-state index in [4.69, 9.17) is 21.9 Å². The first-order valence-corrected chi connectivity index (χ1v) is 16.4. The summed E-state index contributed by atoms with van der Waals surface area (Å²) in [5.41, 5.74) is 1.90. The summed E-state index contributed by atoms with van der Waals surface area (Å²) < 4.78 is 45.8. The normalized spacial score (nSPS) is 11.7. The fourth-order valence-electron chi connectivity index (χ4n) is 3.30. The lowest BCUT2D eigenvalue weighted by molar-refractivity contribution is 0.596. The van der Waals surface area contributed by atoms with Crippen LogP contribution in [-0.4, -0.2) is 46.7 Å². The fourth-order valence-corrected chi connectivity index (χ4v) is 6.23. The second kappa shape index (κ2) is 11.6. The van der Waals surface area contributed by atoms with Crippen molar-refractivity contribution in [2.24, 2.45) is 10.3 Å². The average molecular weight is 665 g/mol. The minimum atomic E-state index is -3.71. The van der Waals surface area contributed by atoms with Crippen LogP contribution in [0.2, 0.25) is 5.15 Å². The van der Waals surface area contributed by atoms with Crippen molar-refractivity contribution in [2.75, 3.05) is 10.6 Å². The lowest BCUT2D eigenvalue weighted by Crippen LogP contribution is -2.11. The predicted octanol–water partition coefficient (Wildman–Crippen LogP) is 2.90. The molecule has 0 amide bonds. The number of nitrogens with zero attached hydrogens (tertiary/aromatic N) is 5. The van der Waals surface area contributed by atoms with Crippen LogP contribution >= 0.6 is 34.3 Å². The smallest absolute Gasteiger partial charge is 0.270 e. The summed E-state index contributed by atoms with van der Waals surface area (Å²) in [7, 11) is -7.41. The van der Waals surface area contributed by atoms with E-state index in [-0.39, 0.29) is 15.4 Å². The summed E-state index contributed by atoms with van der Waals surface area (Å²) in [6, 6.07) is 11.9. The molecule has 0 radical (unpaired) electrons. The SMILES string of the molecule is NS(=O)(=O)c1ccc(Nc2nc3nc[nH]c(=O)c3s2)cc1.NS(=O)(=O)c1ccc(Nc2nc3ncnc(Cl)c3s2)cc1. The van der Waals surface area contributed by atoms with Gasteiger partial charge in [0.25, 0.3) is 5.56 Å². The number of sulfonamides is 2. The highest BCUT2D eigenvalue weighted by Crippen LogP contribution is 2.31. The van der Waals surface area contributed by atoms with Gasteiger partial charge in [0.2, 0.25) is 20.0 Å². The molecule has 42 heavy (non-hydrogen) atoms. The highest BCUT2D eigenvalue weighted by Gasteiger charge is 2.12. The zero-order valence-electron chi connectivity index (χ0n) is 20.7. The third kappa shape index (κ3) is 6.85. The average Bonchev–Trinajstić information content (AvgIpc) is 3.54. The van der Waals surface area contributed by atoms with E-state index in [0.717, 1.165) is 11.3 Å². The number of nitrogens with two attached hydrogens (primary N) is 2. The molecule has 0 unspecified atom stereocenters. The van der Waals surface area contributed by atoms with E-state index in [2.05, 4.69) is 40.5 Å². The molecule has 0 spiro atoms. The number of rotatable bonds is 6. The van der Waals surface area contributed by atoms with E-state index in [1.54, 1.807) is 24.3 Å². The van der Waals surface area contributed by atoms with Crippen LogP contribution in [0.5, 0.6) is 0 Å². The van der Waals surface area contributed by atoms with Crippen LogP contribution in [0.4, 0.5) is 21.6 Å². The van der Waals surface area contributed by atoms with Crippen molar-refractivity contribution in [3.8, 4) is 0 Å². The monoisotopic (exact) mass is 664 g/mol. The minimum Gasteiger partial charge on any atom is -0.331 e. The first-order chi connectivity index (χ1) is 19.9. The number of halogens is 1. The van der Waals surface area contributed by atoms with Gasteiger partial charge in [-0.25, -0.2) is 42.1 Å². The molecule has 6 aromatic rings. The number of aromatic amines is 1. The van der Waals surface area contributed by atoms with Crippen molar-refractivity contribution in [1.29, 1.82) is 0 Å². The molecule has 0 saturated heterocycles. The maximum absolute atomic E-state index is 11.6. The van der Waals surface area contributed by atoms with Gasteiger partial charge in [0.05, 0.1) is 16.1 Å². The van der Waals surface area contributed by atoms with Crippen molar-refractivity contribution >= 4 is 96.7 Å². The number of fused-ring (bicyclic) bond motifs is 2. The fraction of sp³-hybridized carbons (Fsp3) is 0. The molecule has 15 nitrogen and oxygen atoms in total. The molecular formula is C22H17ClN10O5S4. The van der Waals surface area contributed by atoms with E-state index < -0.39 is 20.0 Å². The van der Waals surface area contributed by atoms with Gasteiger partial charge in [0, 0.05) is 11.4 Å². The van der Waals surface area contributed by atoms with Gasteiger partial charge < -0.3 is 15.6 Å². The number of hydrogen-bond acceptors (Lipinski definition) is 14. The number of nitrogens with one attached hydrogen (secondary N) is 3. The molecule has 0 saturated carbocycles. The Hall–Kier alpha value is -4.11. The van der Waals surface area contributed by atoms with Crippen molar-refractivity contribution in [3.63, 3.8) is 0 Å². The van der Waals surface area contributed by atoms with Gasteiger partial charge in [-0.15, -0.1) is 0 Å². The summed E-state index contributed by atoms with van der Waals surface area (Å²) in [5, 5.41) is 17.5. The lowest BCUT2D eigenvalue weighted by Gasteiger charge is -2.03. The highest BCUT2D eigenvalue weighted by molar-refractivity contribution is 7.89. The van der Waals surface area contributed by atoms with Gasteiger partial charge in [-0.1, -0.05) is 34.3 Å². The Labute approximate surface area is 249 Å². The molecule has 0 fully saturated rings. The Bertz CT molecular complexity index is 2180. The number of H-pyrrole nitrogens is 1. The molecule has 7 N–H and O–H groups in total. The number of thiazole rings is 2. The van der Waals surface area contributed by atoms with E-state index in [0.29, 0.717) is 47.5 Å². The van der Waals surface area contributed by atoms with E-state index in [9.17, 15) is 21.6 Å². The van der Waals surface area contributed by atoms with Crippen molar-refractivity contribution in [2.45, 2.75) is 9.79 Å². The minimum absolute atomic E-state index is 0.0236. The van der Waals surface area contributed by atoms with Gasteiger partial charge in [0.15, 0.2) is 26.7 Å². The summed E-state index contributed by atoms with van der Waals surface area (Å²) in [5.74, 6) is 0. The molecule has 0 atom stereocenters. The largest absolute Gasteiger partial charge is 0.331 e. The second-order valence-electron chi connectivity index (χ2n) is 8.13. The Kier molecular flexibility index (Phi) is 8.14. The summed E-state index contributed by atoms with van der Waals surface area (Å²) in [4.78, 5) is 34.4. The summed E-state index contributed by atoms with van der Waals surface area (Å²) in [6.45, 7) is 0. The zero-order valence-corrected chi connectivity index (χ0v) is 24.7.